The second-order valence-corrected chi connectivity index (χ2v) is 4.36. The third-order valence-corrected chi connectivity index (χ3v) is 2.95. The average Bonchev–Trinajstić information content (AvgIpc) is 2.62. The molecule has 0 aliphatic carbocycles. The van der Waals surface area contributed by atoms with Crippen molar-refractivity contribution < 1.29 is 4.74 Å². The summed E-state index contributed by atoms with van der Waals surface area (Å²) in [4.78, 5) is 4.34. The van der Waals surface area contributed by atoms with Crippen LogP contribution in [0, 0.1) is 34.0 Å². The van der Waals surface area contributed by atoms with Gasteiger partial charge in [0, 0.05) is 17.3 Å². The Hall–Kier alpha value is -3.82. The molecule has 1 heterocycles. The number of anilines is 1. The van der Waals surface area contributed by atoms with Crippen molar-refractivity contribution in [1.29, 1.82) is 15.8 Å². The summed E-state index contributed by atoms with van der Waals surface area (Å²) in [6.07, 6.45) is 0. The summed E-state index contributed by atoms with van der Waals surface area (Å²) in [6, 6.07) is 17.7. The first kappa shape index (κ1) is 15.6. The van der Waals surface area contributed by atoms with Crippen LogP contribution in [0.5, 0.6) is 5.88 Å². The fraction of sp³-hybridized carbons (Fsp3) is 0.0588. The summed E-state index contributed by atoms with van der Waals surface area (Å²) in [6.45, 7) is 0. The number of ether oxygens (including phenoxy) is 1. The van der Waals surface area contributed by atoms with Gasteiger partial charge in [-0.15, -0.1) is 0 Å². The van der Waals surface area contributed by atoms with Gasteiger partial charge in [0.25, 0.3) is 0 Å². The maximum absolute atomic E-state index is 9.07. The topological polar surface area (TPSA) is 106 Å². The molecule has 0 bridgehead atoms. The molecule has 0 amide bonds. The standard InChI is InChI=1S/C17H11N5O/c1-23-17-7-3-6-15(22-17)12-4-2-5-14(8-12)21-16(11-20)13(9-18)10-19/h2-8,21H,1H3. The van der Waals surface area contributed by atoms with Crippen molar-refractivity contribution in [1.82, 2.24) is 4.98 Å². The molecule has 0 radical (unpaired) electrons. The van der Waals surface area contributed by atoms with Crippen molar-refractivity contribution in [3.05, 3.63) is 53.7 Å². The number of hydrogen-bond donors (Lipinski definition) is 1. The summed E-state index contributed by atoms with van der Waals surface area (Å²) in [5, 5.41) is 29.6. The number of benzene rings is 1. The van der Waals surface area contributed by atoms with E-state index in [2.05, 4.69) is 10.3 Å². The fourth-order valence-electron chi connectivity index (χ4n) is 1.87. The maximum atomic E-state index is 9.07. The van der Waals surface area contributed by atoms with E-state index in [4.69, 9.17) is 20.5 Å². The second kappa shape index (κ2) is 7.26. The van der Waals surface area contributed by atoms with Crippen molar-refractivity contribution in [2.45, 2.75) is 0 Å². The molecule has 0 aliphatic rings. The molecule has 0 aliphatic heterocycles. The average molecular weight is 301 g/mol. The van der Waals surface area contributed by atoms with E-state index in [1.165, 1.54) is 0 Å². The molecular weight excluding hydrogens is 290 g/mol. The highest BCUT2D eigenvalue weighted by molar-refractivity contribution is 5.68. The highest BCUT2D eigenvalue weighted by atomic mass is 16.5. The Kier molecular flexibility index (Phi) is 4.92. The van der Waals surface area contributed by atoms with E-state index in [0.29, 0.717) is 17.3 Å². The van der Waals surface area contributed by atoms with Crippen LogP contribution in [0.3, 0.4) is 0 Å². The van der Waals surface area contributed by atoms with Crippen molar-refractivity contribution in [2.75, 3.05) is 12.4 Å². The van der Waals surface area contributed by atoms with Crippen LogP contribution in [0.15, 0.2) is 53.7 Å². The molecule has 0 spiro atoms. The number of allylic oxidation sites excluding steroid dienone is 2. The lowest BCUT2D eigenvalue weighted by atomic mass is 10.1. The normalized spacial score (nSPS) is 8.96. The predicted molar refractivity (Wildman–Crippen MR) is 83.7 cm³/mol. The lowest BCUT2D eigenvalue weighted by molar-refractivity contribution is 0.398. The minimum atomic E-state index is -0.266. The molecule has 6 heteroatoms. The molecule has 0 atom stereocenters. The van der Waals surface area contributed by atoms with Crippen molar-refractivity contribution in [2.24, 2.45) is 0 Å². The van der Waals surface area contributed by atoms with Gasteiger partial charge < -0.3 is 10.1 Å². The van der Waals surface area contributed by atoms with Gasteiger partial charge in [-0.2, -0.15) is 15.8 Å². The quantitative estimate of drug-likeness (QED) is 0.870. The summed E-state index contributed by atoms with van der Waals surface area (Å²) in [7, 11) is 1.54. The lowest BCUT2D eigenvalue weighted by Crippen LogP contribution is -2.00. The minimum Gasteiger partial charge on any atom is -0.481 e. The molecule has 0 saturated heterocycles. The van der Waals surface area contributed by atoms with Crippen molar-refractivity contribution >= 4 is 5.69 Å². The first-order valence-corrected chi connectivity index (χ1v) is 6.55. The van der Waals surface area contributed by atoms with Crippen molar-refractivity contribution in [3.8, 4) is 35.3 Å². The molecule has 0 fully saturated rings. The SMILES string of the molecule is COc1cccc(-c2cccc(NC(C#N)=C(C#N)C#N)c2)n1. The smallest absolute Gasteiger partial charge is 0.213 e. The number of methoxy groups -OCH3 is 1. The summed E-state index contributed by atoms with van der Waals surface area (Å²) < 4.78 is 5.10. The zero-order valence-electron chi connectivity index (χ0n) is 12.2. The summed E-state index contributed by atoms with van der Waals surface area (Å²) in [5.74, 6) is 0.495. The summed E-state index contributed by atoms with van der Waals surface area (Å²) in [5.41, 5.74) is 1.73. The number of hydrogen-bond acceptors (Lipinski definition) is 6. The zero-order chi connectivity index (χ0) is 16.7. The molecule has 2 aromatic rings. The third kappa shape index (κ3) is 3.64. The Morgan fingerprint density at radius 1 is 1.04 bits per heavy atom. The van der Waals surface area contributed by atoms with Gasteiger partial charge in [0.05, 0.1) is 12.8 Å². The fourth-order valence-corrected chi connectivity index (χ4v) is 1.87. The van der Waals surface area contributed by atoms with Crippen LogP contribution in [0.1, 0.15) is 0 Å². The molecule has 23 heavy (non-hydrogen) atoms. The largest absolute Gasteiger partial charge is 0.481 e. The van der Waals surface area contributed by atoms with Crippen LogP contribution >= 0.6 is 0 Å². The molecule has 110 valence electrons. The monoisotopic (exact) mass is 301 g/mol. The Morgan fingerprint density at radius 3 is 2.43 bits per heavy atom. The number of nitriles is 3. The van der Waals surface area contributed by atoms with E-state index in [0.717, 1.165) is 5.56 Å². The lowest BCUT2D eigenvalue weighted by Gasteiger charge is -2.08. The molecule has 1 aromatic heterocycles. The number of nitrogens with zero attached hydrogens (tertiary/aromatic N) is 4. The highest BCUT2D eigenvalue weighted by Crippen LogP contribution is 2.23. The first-order valence-electron chi connectivity index (χ1n) is 6.55. The third-order valence-electron chi connectivity index (χ3n) is 2.95. The van der Waals surface area contributed by atoms with Gasteiger partial charge in [-0.25, -0.2) is 4.98 Å². The Morgan fingerprint density at radius 2 is 1.78 bits per heavy atom. The Bertz CT molecular complexity index is 865. The van der Waals surface area contributed by atoms with Gasteiger partial charge in [-0.05, 0) is 18.2 Å². The predicted octanol–water partition coefficient (Wildman–Crippen LogP) is 2.99. The molecule has 2 rings (SSSR count). The van der Waals surface area contributed by atoms with E-state index in [9.17, 15) is 0 Å². The summed E-state index contributed by atoms with van der Waals surface area (Å²) >= 11 is 0. The van der Waals surface area contributed by atoms with Crippen LogP contribution in [0.25, 0.3) is 11.3 Å². The molecule has 6 nitrogen and oxygen atoms in total. The number of rotatable bonds is 4. The van der Waals surface area contributed by atoms with Crippen LogP contribution in [0.4, 0.5) is 5.69 Å². The van der Waals surface area contributed by atoms with Crippen LogP contribution in [0.2, 0.25) is 0 Å². The number of pyridine rings is 1. The molecule has 1 aromatic carbocycles. The van der Waals surface area contributed by atoms with Gasteiger partial charge in [0.1, 0.15) is 23.9 Å². The Labute approximate surface area is 133 Å². The van der Waals surface area contributed by atoms with E-state index in [-0.39, 0.29) is 11.3 Å². The Balaban J connectivity index is 2.38. The molecular formula is C17H11N5O. The highest BCUT2D eigenvalue weighted by Gasteiger charge is 2.07. The van der Waals surface area contributed by atoms with Crippen LogP contribution in [-0.4, -0.2) is 12.1 Å². The number of nitrogens with one attached hydrogen (secondary N) is 1. The minimum absolute atomic E-state index is 0.0919. The van der Waals surface area contributed by atoms with E-state index >= 15 is 0 Å². The zero-order valence-corrected chi connectivity index (χ0v) is 12.2. The molecule has 0 saturated carbocycles. The number of aromatic nitrogens is 1. The molecule has 1 N–H and O–H groups in total. The maximum Gasteiger partial charge on any atom is 0.213 e. The van der Waals surface area contributed by atoms with Gasteiger partial charge in [-0.1, -0.05) is 18.2 Å². The van der Waals surface area contributed by atoms with Crippen LogP contribution in [-0.2, 0) is 0 Å². The van der Waals surface area contributed by atoms with E-state index in [1.54, 1.807) is 43.5 Å². The van der Waals surface area contributed by atoms with Crippen LogP contribution < -0.4 is 10.1 Å². The second-order valence-electron chi connectivity index (χ2n) is 4.36. The van der Waals surface area contributed by atoms with Gasteiger partial charge in [0.15, 0.2) is 5.57 Å². The van der Waals surface area contributed by atoms with E-state index < -0.39 is 0 Å². The van der Waals surface area contributed by atoms with E-state index in [1.807, 2.05) is 24.3 Å². The first-order chi connectivity index (χ1) is 11.2. The van der Waals surface area contributed by atoms with Gasteiger partial charge >= 0.3 is 0 Å². The van der Waals surface area contributed by atoms with Crippen molar-refractivity contribution in [3.63, 3.8) is 0 Å². The van der Waals surface area contributed by atoms with Gasteiger partial charge in [0.2, 0.25) is 5.88 Å². The van der Waals surface area contributed by atoms with Gasteiger partial charge in [-0.3, -0.25) is 0 Å². The molecule has 0 unspecified atom stereocenters.